The smallest absolute Gasteiger partial charge is 0.171 e. The van der Waals surface area contributed by atoms with Gasteiger partial charge in [0, 0.05) is 37.6 Å². The third kappa shape index (κ3) is 5.35. The second-order valence-corrected chi connectivity index (χ2v) is 16.6. The molecule has 1 heterocycles. The molecule has 0 aliphatic heterocycles. The molecule has 0 unspecified atom stereocenters. The molecule has 0 amide bonds. The number of fused-ring (bicyclic) bond motifs is 6. The van der Waals surface area contributed by atoms with Crippen LogP contribution in [0, 0.1) is 0 Å². The minimum atomic E-state index is -3.10. The first-order valence-corrected chi connectivity index (χ1v) is 20.0. The van der Waals surface area contributed by atoms with Crippen LogP contribution in [-0.2, 0) is 4.57 Å². The molecule has 0 spiro atoms. The van der Waals surface area contributed by atoms with Crippen LogP contribution in [-0.4, -0.2) is 4.98 Å². The van der Waals surface area contributed by atoms with E-state index in [1.807, 2.05) is 72.8 Å². The maximum atomic E-state index is 15.1. The summed E-state index contributed by atoms with van der Waals surface area (Å²) in [6, 6.07) is 71.5. The van der Waals surface area contributed by atoms with Gasteiger partial charge in [-0.1, -0.05) is 182 Å². The van der Waals surface area contributed by atoms with Crippen molar-refractivity contribution in [2.45, 2.75) is 0 Å². The molecule has 0 saturated heterocycles. The summed E-state index contributed by atoms with van der Waals surface area (Å²) in [6.45, 7) is 0. The number of benzene rings is 9. The number of aromatic nitrogens is 1. The van der Waals surface area contributed by atoms with Crippen molar-refractivity contribution < 1.29 is 4.57 Å². The fourth-order valence-corrected chi connectivity index (χ4v) is 10.8. The van der Waals surface area contributed by atoms with Gasteiger partial charge in [-0.3, -0.25) is 0 Å². The van der Waals surface area contributed by atoms with Crippen molar-refractivity contribution in [3.05, 3.63) is 206 Å². The SMILES string of the molecule is O=P(c1ccccc1)(c1ccccc1)c1cccc(-c2ccc(-c3cc4c(-c5ccc6ccccc6c5)nc5ccccc5c4c4ccccc34)cc2)c1. The molecular formula is C51H34NOP. The van der Waals surface area contributed by atoms with Crippen molar-refractivity contribution in [2.75, 3.05) is 0 Å². The quantitative estimate of drug-likeness (QED) is 0.127. The Labute approximate surface area is 314 Å². The Kier molecular flexibility index (Phi) is 7.79. The molecule has 9 aromatic carbocycles. The van der Waals surface area contributed by atoms with Gasteiger partial charge in [-0.25, -0.2) is 4.98 Å². The molecular weight excluding hydrogens is 674 g/mol. The average Bonchev–Trinajstić information content (AvgIpc) is 3.26. The van der Waals surface area contributed by atoms with Crippen LogP contribution in [0.2, 0.25) is 0 Å². The summed E-state index contributed by atoms with van der Waals surface area (Å²) in [5, 5.41) is 10.8. The van der Waals surface area contributed by atoms with Crippen molar-refractivity contribution in [1.29, 1.82) is 0 Å². The predicted molar refractivity (Wildman–Crippen MR) is 230 cm³/mol. The Morgan fingerprint density at radius 2 is 0.926 bits per heavy atom. The van der Waals surface area contributed by atoms with E-state index in [9.17, 15) is 0 Å². The normalized spacial score (nSPS) is 11.8. The van der Waals surface area contributed by atoms with E-state index in [2.05, 4.69) is 133 Å². The molecule has 254 valence electrons. The van der Waals surface area contributed by atoms with Crippen LogP contribution in [0.3, 0.4) is 0 Å². The Morgan fingerprint density at radius 1 is 0.352 bits per heavy atom. The van der Waals surface area contributed by atoms with Gasteiger partial charge in [0.2, 0.25) is 0 Å². The molecule has 3 heteroatoms. The van der Waals surface area contributed by atoms with Gasteiger partial charge in [-0.2, -0.15) is 0 Å². The first kappa shape index (κ1) is 32.1. The number of rotatable bonds is 6. The fourth-order valence-electron chi connectivity index (χ4n) is 8.06. The zero-order valence-electron chi connectivity index (χ0n) is 29.4. The largest absolute Gasteiger partial charge is 0.309 e. The lowest BCUT2D eigenvalue weighted by atomic mass is 9.89. The number of para-hydroxylation sites is 1. The second kappa shape index (κ2) is 13.1. The molecule has 2 nitrogen and oxygen atoms in total. The zero-order valence-corrected chi connectivity index (χ0v) is 30.3. The first-order chi connectivity index (χ1) is 26.6. The molecule has 10 rings (SSSR count). The van der Waals surface area contributed by atoms with E-state index in [1.165, 1.54) is 26.9 Å². The summed E-state index contributed by atoms with van der Waals surface area (Å²) in [5.41, 5.74) is 7.47. The van der Waals surface area contributed by atoms with E-state index in [1.54, 1.807) is 0 Å². The van der Waals surface area contributed by atoms with Crippen LogP contribution in [0.1, 0.15) is 0 Å². The molecule has 0 aliphatic rings. The molecule has 0 fully saturated rings. The van der Waals surface area contributed by atoms with E-state index >= 15 is 4.57 Å². The Morgan fingerprint density at radius 3 is 1.67 bits per heavy atom. The van der Waals surface area contributed by atoms with Crippen LogP contribution in [0.5, 0.6) is 0 Å². The van der Waals surface area contributed by atoms with Crippen LogP contribution in [0.15, 0.2) is 206 Å². The standard InChI is InChI=1S/C51H34NOP/c53-54(41-17-3-1-4-18-41,42-19-5-2-6-20-42)43-21-13-16-39(33-43)36-26-29-37(30-27-36)47-34-48-50(45-23-10-9-22-44(45)47)46-24-11-12-25-49(46)52-51(48)40-31-28-35-14-7-8-15-38(35)32-40/h1-34H. The highest BCUT2D eigenvalue weighted by Crippen LogP contribution is 2.44. The topological polar surface area (TPSA) is 30.0 Å². The molecule has 0 bridgehead atoms. The van der Waals surface area contributed by atoms with E-state index in [4.69, 9.17) is 4.98 Å². The lowest BCUT2D eigenvalue weighted by Gasteiger charge is -2.20. The van der Waals surface area contributed by atoms with Gasteiger partial charge in [0.25, 0.3) is 0 Å². The van der Waals surface area contributed by atoms with E-state index < -0.39 is 7.14 Å². The third-order valence-corrected chi connectivity index (χ3v) is 13.8. The highest BCUT2D eigenvalue weighted by Gasteiger charge is 2.29. The summed E-state index contributed by atoms with van der Waals surface area (Å²) in [7, 11) is -3.10. The van der Waals surface area contributed by atoms with Gasteiger partial charge in [0.1, 0.15) is 0 Å². The second-order valence-electron chi connectivity index (χ2n) is 13.8. The molecule has 10 aromatic rings. The van der Waals surface area contributed by atoms with Crippen LogP contribution in [0.25, 0.3) is 76.7 Å². The minimum Gasteiger partial charge on any atom is -0.309 e. The first-order valence-electron chi connectivity index (χ1n) is 18.3. The summed E-state index contributed by atoms with van der Waals surface area (Å²) in [4.78, 5) is 5.32. The van der Waals surface area contributed by atoms with E-state index in [-0.39, 0.29) is 0 Å². The van der Waals surface area contributed by atoms with Gasteiger partial charge < -0.3 is 4.57 Å². The van der Waals surface area contributed by atoms with Gasteiger partial charge in [0.05, 0.1) is 11.2 Å². The zero-order chi connectivity index (χ0) is 36.1. The Balaban J connectivity index is 1.13. The summed E-state index contributed by atoms with van der Waals surface area (Å²) < 4.78 is 15.1. The van der Waals surface area contributed by atoms with Crippen LogP contribution in [0.4, 0.5) is 0 Å². The number of nitrogens with zero attached hydrogens (tertiary/aromatic N) is 1. The molecule has 0 aliphatic carbocycles. The summed E-state index contributed by atoms with van der Waals surface area (Å²) in [6.07, 6.45) is 0. The van der Waals surface area contributed by atoms with Crippen molar-refractivity contribution in [1.82, 2.24) is 4.98 Å². The molecule has 54 heavy (non-hydrogen) atoms. The van der Waals surface area contributed by atoms with Gasteiger partial charge in [-0.05, 0) is 68.1 Å². The van der Waals surface area contributed by atoms with Crippen molar-refractivity contribution in [3.8, 4) is 33.5 Å². The number of pyridine rings is 1. The Bertz CT molecular complexity index is 3020. The highest BCUT2D eigenvalue weighted by atomic mass is 31.2. The van der Waals surface area contributed by atoms with Gasteiger partial charge >= 0.3 is 0 Å². The number of hydrogen-bond donors (Lipinski definition) is 0. The predicted octanol–water partition coefficient (Wildman–Crippen LogP) is 12.3. The minimum absolute atomic E-state index is 0.822. The van der Waals surface area contributed by atoms with Gasteiger partial charge in [-0.15, -0.1) is 0 Å². The summed E-state index contributed by atoms with van der Waals surface area (Å²) in [5.74, 6) is 0. The molecule has 0 radical (unpaired) electrons. The average molecular weight is 708 g/mol. The maximum Gasteiger partial charge on any atom is 0.171 e. The number of hydrogen-bond acceptors (Lipinski definition) is 2. The maximum absolute atomic E-state index is 15.1. The lowest BCUT2D eigenvalue weighted by molar-refractivity contribution is 0.592. The summed E-state index contributed by atoms with van der Waals surface area (Å²) >= 11 is 0. The third-order valence-electron chi connectivity index (χ3n) is 10.7. The van der Waals surface area contributed by atoms with Crippen molar-refractivity contribution in [2.24, 2.45) is 0 Å². The molecule has 0 atom stereocenters. The lowest BCUT2D eigenvalue weighted by Crippen LogP contribution is -2.25. The van der Waals surface area contributed by atoms with Crippen LogP contribution >= 0.6 is 7.14 Å². The van der Waals surface area contributed by atoms with Crippen molar-refractivity contribution >= 4 is 66.3 Å². The molecule has 0 saturated carbocycles. The molecule has 1 aromatic heterocycles. The van der Waals surface area contributed by atoms with E-state index in [0.29, 0.717) is 0 Å². The fraction of sp³-hybridized carbons (Fsp3) is 0. The van der Waals surface area contributed by atoms with E-state index in [0.717, 1.165) is 65.7 Å². The van der Waals surface area contributed by atoms with Crippen LogP contribution < -0.4 is 15.9 Å². The Hall–Kier alpha value is -6.60. The van der Waals surface area contributed by atoms with Crippen molar-refractivity contribution in [3.63, 3.8) is 0 Å². The monoisotopic (exact) mass is 707 g/mol. The molecule has 0 N–H and O–H groups in total. The van der Waals surface area contributed by atoms with Gasteiger partial charge in [0.15, 0.2) is 7.14 Å². The highest BCUT2D eigenvalue weighted by molar-refractivity contribution is 7.85.